The Balaban J connectivity index is 1.72. The number of para-hydroxylation sites is 1. The summed E-state index contributed by atoms with van der Waals surface area (Å²) in [5.74, 6) is 0.339. The Morgan fingerprint density at radius 1 is 1.12 bits per heavy atom. The Morgan fingerprint density at radius 3 is 2.83 bits per heavy atom. The molecule has 3 aromatic heterocycles. The van der Waals surface area contributed by atoms with Crippen molar-refractivity contribution >= 4 is 56.3 Å². The van der Waals surface area contributed by atoms with Crippen LogP contribution in [-0.2, 0) is 0 Å². The Kier molecular flexibility index (Phi) is 4.02. The van der Waals surface area contributed by atoms with Crippen LogP contribution in [0.2, 0.25) is 0 Å². The fourth-order valence-corrected chi connectivity index (χ4v) is 4.06. The van der Waals surface area contributed by atoms with E-state index in [1.54, 1.807) is 46.9 Å². The topological polar surface area (TPSA) is 58.6 Å². The van der Waals surface area contributed by atoms with Crippen molar-refractivity contribution in [2.24, 2.45) is 0 Å². The molecule has 0 bridgehead atoms. The Morgan fingerprint density at radius 2 is 2.00 bits per heavy atom. The van der Waals surface area contributed by atoms with Crippen molar-refractivity contribution in [3.63, 3.8) is 0 Å². The number of aromatic amines is 1. The quantitative estimate of drug-likeness (QED) is 0.560. The van der Waals surface area contributed by atoms with Gasteiger partial charge in [0.2, 0.25) is 0 Å². The number of benzene rings is 1. The van der Waals surface area contributed by atoms with Gasteiger partial charge in [0.05, 0.1) is 26.5 Å². The molecule has 4 nitrogen and oxygen atoms in total. The van der Waals surface area contributed by atoms with Gasteiger partial charge in [0.1, 0.15) is 5.01 Å². The summed E-state index contributed by atoms with van der Waals surface area (Å²) < 4.78 is 0. The van der Waals surface area contributed by atoms with E-state index in [0.29, 0.717) is 21.8 Å². The van der Waals surface area contributed by atoms with E-state index in [4.69, 9.17) is 11.6 Å². The van der Waals surface area contributed by atoms with Gasteiger partial charge in [0.15, 0.2) is 5.82 Å². The summed E-state index contributed by atoms with van der Waals surface area (Å²) in [6.45, 7) is 0. The molecular formula is C17H10ClN3OS2. The zero-order valence-corrected chi connectivity index (χ0v) is 14.6. The van der Waals surface area contributed by atoms with E-state index in [2.05, 4.69) is 15.0 Å². The lowest BCUT2D eigenvalue weighted by atomic mass is 10.2. The van der Waals surface area contributed by atoms with Gasteiger partial charge in [-0.3, -0.25) is 4.79 Å². The zero-order chi connectivity index (χ0) is 16.5. The number of thiophene rings is 1. The SMILES string of the molecule is O=c1[nH]c(C(Cl)=Cc2csc(-c3cccs3)n2)nc2ccccc12. The third-order valence-corrected chi connectivity index (χ3v) is 5.56. The van der Waals surface area contributed by atoms with Gasteiger partial charge in [-0.25, -0.2) is 9.97 Å². The van der Waals surface area contributed by atoms with Gasteiger partial charge < -0.3 is 4.98 Å². The number of halogens is 1. The molecule has 0 unspecified atom stereocenters. The van der Waals surface area contributed by atoms with E-state index in [1.807, 2.05) is 29.0 Å². The number of rotatable bonds is 3. The van der Waals surface area contributed by atoms with E-state index in [9.17, 15) is 4.79 Å². The molecule has 0 amide bonds. The fraction of sp³-hybridized carbons (Fsp3) is 0. The zero-order valence-electron chi connectivity index (χ0n) is 12.2. The van der Waals surface area contributed by atoms with Gasteiger partial charge in [-0.2, -0.15) is 0 Å². The maximum absolute atomic E-state index is 12.1. The van der Waals surface area contributed by atoms with Gasteiger partial charge in [-0.05, 0) is 29.7 Å². The second kappa shape index (κ2) is 6.32. The highest BCUT2D eigenvalue weighted by atomic mass is 35.5. The Labute approximate surface area is 150 Å². The van der Waals surface area contributed by atoms with Crippen molar-refractivity contribution in [1.82, 2.24) is 15.0 Å². The molecule has 0 saturated heterocycles. The molecule has 24 heavy (non-hydrogen) atoms. The average Bonchev–Trinajstić information content (AvgIpc) is 3.26. The smallest absolute Gasteiger partial charge is 0.259 e. The first-order chi connectivity index (χ1) is 11.7. The van der Waals surface area contributed by atoms with Gasteiger partial charge >= 0.3 is 0 Å². The van der Waals surface area contributed by atoms with Crippen LogP contribution >= 0.6 is 34.3 Å². The van der Waals surface area contributed by atoms with E-state index < -0.39 is 0 Å². The molecule has 4 aromatic rings. The van der Waals surface area contributed by atoms with Crippen LogP contribution in [0.5, 0.6) is 0 Å². The van der Waals surface area contributed by atoms with E-state index in [1.165, 1.54) is 0 Å². The summed E-state index contributed by atoms with van der Waals surface area (Å²) in [6, 6.07) is 11.2. The molecule has 0 aliphatic carbocycles. The first-order valence-electron chi connectivity index (χ1n) is 7.07. The number of nitrogens with zero attached hydrogens (tertiary/aromatic N) is 2. The number of fused-ring (bicyclic) bond motifs is 1. The molecule has 0 atom stereocenters. The number of aromatic nitrogens is 3. The molecule has 0 saturated carbocycles. The van der Waals surface area contributed by atoms with Crippen LogP contribution in [0.4, 0.5) is 0 Å². The Hall–Kier alpha value is -2.28. The summed E-state index contributed by atoms with van der Waals surface area (Å²) >= 11 is 9.54. The van der Waals surface area contributed by atoms with Crippen molar-refractivity contribution in [2.75, 3.05) is 0 Å². The van der Waals surface area contributed by atoms with Crippen molar-refractivity contribution in [3.8, 4) is 9.88 Å². The molecule has 0 fully saturated rings. The standard InChI is InChI=1S/C17H10ClN3OS2/c18-12(8-10-9-24-17(19-10)14-6-3-7-23-14)15-20-13-5-2-1-4-11(13)16(22)21-15/h1-9H,(H,20,21,22). The highest BCUT2D eigenvalue weighted by Crippen LogP contribution is 2.29. The average molecular weight is 372 g/mol. The second-order valence-corrected chi connectivity index (χ2v) is 7.19. The molecule has 0 spiro atoms. The van der Waals surface area contributed by atoms with Crippen LogP contribution < -0.4 is 5.56 Å². The summed E-state index contributed by atoms with van der Waals surface area (Å²) in [5, 5.41) is 5.78. The second-order valence-electron chi connectivity index (χ2n) is 4.98. The van der Waals surface area contributed by atoms with Crippen molar-refractivity contribution in [2.45, 2.75) is 0 Å². The molecule has 3 heterocycles. The summed E-state index contributed by atoms with van der Waals surface area (Å²) in [6.07, 6.45) is 1.71. The maximum Gasteiger partial charge on any atom is 0.259 e. The summed E-state index contributed by atoms with van der Waals surface area (Å²) in [7, 11) is 0. The lowest BCUT2D eigenvalue weighted by Gasteiger charge is -2.01. The lowest BCUT2D eigenvalue weighted by Crippen LogP contribution is -2.10. The third kappa shape index (κ3) is 2.91. The van der Waals surface area contributed by atoms with Crippen LogP contribution in [0, 0.1) is 0 Å². The number of hydrogen-bond acceptors (Lipinski definition) is 5. The van der Waals surface area contributed by atoms with Crippen molar-refractivity contribution in [3.05, 3.63) is 69.0 Å². The monoisotopic (exact) mass is 371 g/mol. The first-order valence-corrected chi connectivity index (χ1v) is 9.20. The van der Waals surface area contributed by atoms with Crippen molar-refractivity contribution < 1.29 is 0 Å². The molecule has 7 heteroatoms. The van der Waals surface area contributed by atoms with Crippen LogP contribution in [0.25, 0.3) is 31.9 Å². The van der Waals surface area contributed by atoms with Gasteiger partial charge in [0, 0.05) is 5.38 Å². The molecule has 1 N–H and O–H groups in total. The lowest BCUT2D eigenvalue weighted by molar-refractivity contribution is 1.13. The summed E-state index contributed by atoms with van der Waals surface area (Å²) in [5.41, 5.74) is 1.14. The highest BCUT2D eigenvalue weighted by molar-refractivity contribution is 7.20. The molecular weight excluding hydrogens is 362 g/mol. The minimum atomic E-state index is -0.209. The van der Waals surface area contributed by atoms with Crippen LogP contribution in [-0.4, -0.2) is 15.0 Å². The third-order valence-electron chi connectivity index (χ3n) is 3.37. The van der Waals surface area contributed by atoms with Crippen LogP contribution in [0.15, 0.2) is 52.0 Å². The molecule has 0 radical (unpaired) electrons. The molecule has 1 aromatic carbocycles. The van der Waals surface area contributed by atoms with Gasteiger partial charge in [-0.15, -0.1) is 22.7 Å². The van der Waals surface area contributed by atoms with E-state index in [-0.39, 0.29) is 5.56 Å². The predicted molar refractivity (Wildman–Crippen MR) is 102 cm³/mol. The molecule has 118 valence electrons. The highest BCUT2D eigenvalue weighted by Gasteiger charge is 2.09. The number of H-pyrrole nitrogens is 1. The molecule has 0 aliphatic heterocycles. The number of nitrogens with one attached hydrogen (secondary N) is 1. The predicted octanol–water partition coefficient (Wildman–Crippen LogP) is 4.85. The molecule has 4 rings (SSSR count). The minimum Gasteiger partial charge on any atom is -0.305 e. The van der Waals surface area contributed by atoms with E-state index >= 15 is 0 Å². The maximum atomic E-state index is 12.1. The van der Waals surface area contributed by atoms with E-state index in [0.717, 1.165) is 15.6 Å². The fourth-order valence-electron chi connectivity index (χ4n) is 2.26. The number of hydrogen-bond donors (Lipinski definition) is 1. The minimum absolute atomic E-state index is 0.209. The van der Waals surface area contributed by atoms with Gasteiger partial charge in [-0.1, -0.05) is 29.8 Å². The Bertz CT molecular complexity index is 1100. The number of thiazole rings is 1. The largest absolute Gasteiger partial charge is 0.305 e. The van der Waals surface area contributed by atoms with Crippen LogP contribution in [0.1, 0.15) is 11.5 Å². The first kappa shape index (κ1) is 15.3. The summed E-state index contributed by atoms with van der Waals surface area (Å²) in [4.78, 5) is 24.9. The normalized spacial score (nSPS) is 12.0. The molecule has 0 aliphatic rings. The van der Waals surface area contributed by atoms with Crippen LogP contribution in [0.3, 0.4) is 0 Å². The van der Waals surface area contributed by atoms with Gasteiger partial charge in [0.25, 0.3) is 5.56 Å². The van der Waals surface area contributed by atoms with Crippen molar-refractivity contribution in [1.29, 1.82) is 0 Å².